The van der Waals surface area contributed by atoms with Gasteiger partial charge < -0.3 is 9.47 Å². The Kier molecular flexibility index (Phi) is 5.45. The Bertz CT molecular complexity index is 767. The summed E-state index contributed by atoms with van der Waals surface area (Å²) in [5.74, 6) is 0. The lowest BCUT2D eigenvalue weighted by Gasteiger charge is -2.33. The van der Waals surface area contributed by atoms with Gasteiger partial charge in [-0.3, -0.25) is 0 Å². The molecule has 0 aromatic heterocycles. The zero-order valence-corrected chi connectivity index (χ0v) is 15.9. The predicted octanol–water partition coefficient (Wildman–Crippen LogP) is 5.70. The quantitative estimate of drug-likeness (QED) is 0.503. The van der Waals surface area contributed by atoms with Crippen molar-refractivity contribution in [3.8, 4) is 0 Å². The molecule has 1 aliphatic heterocycles. The van der Waals surface area contributed by atoms with Crippen molar-refractivity contribution in [1.29, 1.82) is 0 Å². The highest BCUT2D eigenvalue weighted by molar-refractivity contribution is 5.53. The van der Waals surface area contributed by atoms with Crippen molar-refractivity contribution >= 4 is 0 Å². The largest absolute Gasteiger partial charge is 0.473 e. The van der Waals surface area contributed by atoms with Crippen LogP contribution in [-0.4, -0.2) is 12.9 Å². The van der Waals surface area contributed by atoms with Crippen molar-refractivity contribution in [2.24, 2.45) is 0 Å². The van der Waals surface area contributed by atoms with Crippen LogP contribution in [0.1, 0.15) is 47.9 Å². The molecule has 2 aromatic rings. The zero-order chi connectivity index (χ0) is 18.5. The summed E-state index contributed by atoms with van der Waals surface area (Å²) in [5, 5.41) is 0. The summed E-state index contributed by atoms with van der Waals surface area (Å²) in [6.07, 6.45) is 12.2. The molecular weight excluding hydrogens is 332 g/mol. The van der Waals surface area contributed by atoms with Crippen LogP contribution in [0.3, 0.4) is 0 Å². The number of ether oxygens (including phenoxy) is 2. The molecule has 1 fully saturated rings. The molecule has 2 nitrogen and oxygen atoms in total. The van der Waals surface area contributed by atoms with Gasteiger partial charge in [0, 0.05) is 11.8 Å². The van der Waals surface area contributed by atoms with Crippen LogP contribution < -0.4 is 0 Å². The molecule has 0 amide bonds. The standard InChI is InChI=1S/C25H28O2/c1-2-16-25(17-19-27-24-13-7-8-18-26-24)22-11-5-3-9-20(22)14-15-21-10-4-6-12-23(21)25/h2-6,9-12,17,19,24H,1,7-8,13-16,18H2. The highest BCUT2D eigenvalue weighted by Crippen LogP contribution is 2.43. The molecule has 0 N–H and O–H groups in total. The molecule has 1 atom stereocenters. The van der Waals surface area contributed by atoms with E-state index >= 15 is 0 Å². The Balaban J connectivity index is 1.78. The van der Waals surface area contributed by atoms with Gasteiger partial charge in [-0.05, 0) is 60.4 Å². The van der Waals surface area contributed by atoms with Gasteiger partial charge in [-0.15, -0.1) is 6.58 Å². The first kappa shape index (κ1) is 18.1. The van der Waals surface area contributed by atoms with Crippen molar-refractivity contribution in [2.75, 3.05) is 6.61 Å². The molecule has 1 saturated heterocycles. The van der Waals surface area contributed by atoms with Crippen molar-refractivity contribution in [1.82, 2.24) is 0 Å². The number of fused-ring (bicyclic) bond motifs is 2. The molecule has 2 aliphatic rings. The highest BCUT2D eigenvalue weighted by atomic mass is 16.7. The van der Waals surface area contributed by atoms with Crippen molar-refractivity contribution in [3.05, 3.63) is 95.8 Å². The fraction of sp³-hybridized carbons (Fsp3) is 0.360. The van der Waals surface area contributed by atoms with Crippen LogP contribution in [0, 0.1) is 0 Å². The summed E-state index contributed by atoms with van der Waals surface area (Å²) >= 11 is 0. The maximum Gasteiger partial charge on any atom is 0.198 e. The summed E-state index contributed by atoms with van der Waals surface area (Å²) in [6.45, 7) is 4.87. The third-order valence-electron chi connectivity index (χ3n) is 5.85. The van der Waals surface area contributed by atoms with Gasteiger partial charge in [-0.25, -0.2) is 0 Å². The van der Waals surface area contributed by atoms with Gasteiger partial charge in [-0.1, -0.05) is 54.6 Å². The SMILES string of the molecule is C=CCC1(C=COC2CCCCO2)c2ccccc2CCc2ccccc21. The fourth-order valence-corrected chi connectivity index (χ4v) is 4.52. The molecule has 2 heteroatoms. The van der Waals surface area contributed by atoms with Gasteiger partial charge in [0.2, 0.25) is 0 Å². The van der Waals surface area contributed by atoms with Crippen LogP contribution in [0.2, 0.25) is 0 Å². The van der Waals surface area contributed by atoms with Gasteiger partial charge in [0.25, 0.3) is 0 Å². The van der Waals surface area contributed by atoms with E-state index in [1.807, 2.05) is 12.3 Å². The molecule has 2 aromatic carbocycles. The summed E-state index contributed by atoms with van der Waals surface area (Å²) < 4.78 is 11.7. The number of allylic oxidation sites excluding steroid dienone is 2. The number of aryl methyl sites for hydroxylation is 2. The molecule has 27 heavy (non-hydrogen) atoms. The second-order valence-electron chi connectivity index (χ2n) is 7.51. The first-order chi connectivity index (χ1) is 13.3. The van der Waals surface area contributed by atoms with Crippen LogP contribution >= 0.6 is 0 Å². The molecule has 1 heterocycles. The second kappa shape index (κ2) is 8.14. The number of rotatable bonds is 5. The molecule has 0 radical (unpaired) electrons. The lowest BCUT2D eigenvalue weighted by atomic mass is 9.70. The van der Waals surface area contributed by atoms with Crippen LogP contribution in [0.5, 0.6) is 0 Å². The first-order valence-electron chi connectivity index (χ1n) is 10.1. The van der Waals surface area contributed by atoms with E-state index in [2.05, 4.69) is 61.2 Å². The number of hydrogen-bond acceptors (Lipinski definition) is 2. The topological polar surface area (TPSA) is 18.5 Å². The first-order valence-corrected chi connectivity index (χ1v) is 10.1. The van der Waals surface area contributed by atoms with Gasteiger partial charge in [-0.2, -0.15) is 0 Å². The Hall–Kier alpha value is -2.32. The van der Waals surface area contributed by atoms with Crippen molar-refractivity contribution < 1.29 is 9.47 Å². The minimum atomic E-state index is -0.250. The lowest BCUT2D eigenvalue weighted by molar-refractivity contribution is -0.129. The van der Waals surface area contributed by atoms with E-state index in [9.17, 15) is 0 Å². The lowest BCUT2D eigenvalue weighted by Crippen LogP contribution is -2.27. The molecular formula is C25H28O2. The summed E-state index contributed by atoms with van der Waals surface area (Å²) in [4.78, 5) is 0. The van der Waals surface area contributed by atoms with Crippen LogP contribution in [0.15, 0.2) is 73.5 Å². The van der Waals surface area contributed by atoms with E-state index in [-0.39, 0.29) is 11.7 Å². The highest BCUT2D eigenvalue weighted by Gasteiger charge is 2.36. The van der Waals surface area contributed by atoms with E-state index < -0.39 is 0 Å². The smallest absolute Gasteiger partial charge is 0.198 e. The van der Waals surface area contributed by atoms with Crippen molar-refractivity contribution in [3.63, 3.8) is 0 Å². The van der Waals surface area contributed by atoms with Crippen LogP contribution in [-0.2, 0) is 27.7 Å². The molecule has 0 bridgehead atoms. The fourth-order valence-electron chi connectivity index (χ4n) is 4.52. The van der Waals surface area contributed by atoms with Gasteiger partial charge >= 0.3 is 0 Å². The van der Waals surface area contributed by atoms with Crippen molar-refractivity contribution in [2.45, 2.75) is 50.2 Å². The van der Waals surface area contributed by atoms with Crippen LogP contribution in [0.25, 0.3) is 0 Å². The number of hydrogen-bond donors (Lipinski definition) is 0. The Morgan fingerprint density at radius 3 is 2.26 bits per heavy atom. The van der Waals surface area contributed by atoms with E-state index in [0.29, 0.717) is 0 Å². The summed E-state index contributed by atoms with van der Waals surface area (Å²) in [6, 6.07) is 17.6. The van der Waals surface area contributed by atoms with Gasteiger partial charge in [0.15, 0.2) is 6.29 Å². The second-order valence-corrected chi connectivity index (χ2v) is 7.51. The molecule has 0 saturated carbocycles. The summed E-state index contributed by atoms with van der Waals surface area (Å²) in [5.41, 5.74) is 5.29. The maximum atomic E-state index is 5.99. The molecule has 1 aliphatic carbocycles. The average molecular weight is 360 g/mol. The Morgan fingerprint density at radius 1 is 1.00 bits per heavy atom. The minimum Gasteiger partial charge on any atom is -0.473 e. The third kappa shape index (κ3) is 3.59. The van der Waals surface area contributed by atoms with E-state index in [1.165, 1.54) is 28.7 Å². The number of benzene rings is 2. The predicted molar refractivity (Wildman–Crippen MR) is 110 cm³/mol. The summed E-state index contributed by atoms with van der Waals surface area (Å²) in [7, 11) is 0. The molecule has 140 valence electrons. The normalized spacial score (nSPS) is 21.1. The average Bonchev–Trinajstić information content (AvgIpc) is 2.85. The molecule has 4 rings (SSSR count). The Morgan fingerprint density at radius 2 is 1.67 bits per heavy atom. The molecule has 0 spiro atoms. The molecule has 1 unspecified atom stereocenters. The van der Waals surface area contributed by atoms with E-state index in [4.69, 9.17) is 9.47 Å². The van der Waals surface area contributed by atoms with Gasteiger partial charge in [0.05, 0.1) is 12.9 Å². The minimum absolute atomic E-state index is 0.118. The zero-order valence-electron chi connectivity index (χ0n) is 15.9. The van der Waals surface area contributed by atoms with Crippen LogP contribution in [0.4, 0.5) is 0 Å². The third-order valence-corrected chi connectivity index (χ3v) is 5.85. The van der Waals surface area contributed by atoms with E-state index in [0.717, 1.165) is 38.7 Å². The van der Waals surface area contributed by atoms with Gasteiger partial charge in [0.1, 0.15) is 0 Å². The van der Waals surface area contributed by atoms with E-state index in [1.54, 1.807) is 0 Å². The monoisotopic (exact) mass is 360 g/mol. The Labute approximate surface area is 162 Å². The maximum absolute atomic E-state index is 5.99.